The van der Waals surface area contributed by atoms with Gasteiger partial charge in [0, 0.05) is 22.2 Å². The van der Waals surface area contributed by atoms with Crippen molar-refractivity contribution in [1.82, 2.24) is 4.90 Å². The first-order valence-corrected chi connectivity index (χ1v) is 12.1. The van der Waals surface area contributed by atoms with Gasteiger partial charge in [-0.15, -0.1) is 11.8 Å². The Morgan fingerprint density at radius 1 is 1.18 bits per heavy atom. The monoisotopic (exact) mass is 440 g/mol. The summed E-state index contributed by atoms with van der Waals surface area (Å²) in [4.78, 5) is 17.4. The molecule has 0 aromatic heterocycles. The van der Waals surface area contributed by atoms with E-state index in [4.69, 9.17) is 11.6 Å². The summed E-state index contributed by atoms with van der Waals surface area (Å²) in [5.41, 5.74) is 1.26. The number of hydrogen-bond acceptors (Lipinski definition) is 4. The van der Waals surface area contributed by atoms with Crippen LogP contribution in [0.3, 0.4) is 0 Å². The molecule has 0 aliphatic carbocycles. The second kappa shape index (κ2) is 7.24. The van der Waals surface area contributed by atoms with Crippen molar-refractivity contribution in [2.45, 2.75) is 23.5 Å². The van der Waals surface area contributed by atoms with Crippen LogP contribution in [0.4, 0.5) is 14.9 Å². The molecule has 2 saturated heterocycles. The normalized spacial score (nSPS) is 23.3. The molecule has 2 fully saturated rings. The highest BCUT2D eigenvalue weighted by Gasteiger charge is 2.53. The van der Waals surface area contributed by atoms with Crippen LogP contribution in [-0.4, -0.2) is 49.2 Å². The van der Waals surface area contributed by atoms with Crippen molar-refractivity contribution in [3.05, 3.63) is 58.9 Å². The largest absolute Gasteiger partial charge is 0.325 e. The molecule has 2 amide bonds. The Morgan fingerprint density at radius 3 is 2.64 bits per heavy atom. The van der Waals surface area contributed by atoms with Crippen molar-refractivity contribution in [3.63, 3.8) is 0 Å². The van der Waals surface area contributed by atoms with E-state index in [-0.39, 0.29) is 29.1 Å². The number of amides is 2. The first kappa shape index (κ1) is 19.5. The highest BCUT2D eigenvalue weighted by Crippen LogP contribution is 2.37. The molecule has 0 bridgehead atoms. The van der Waals surface area contributed by atoms with E-state index < -0.39 is 27.7 Å². The van der Waals surface area contributed by atoms with Crippen LogP contribution >= 0.6 is 23.4 Å². The molecule has 2 aliphatic rings. The molecule has 2 aromatic carbocycles. The van der Waals surface area contributed by atoms with Gasteiger partial charge in [0.05, 0.1) is 23.6 Å². The van der Waals surface area contributed by atoms with Gasteiger partial charge in [0.1, 0.15) is 5.82 Å². The van der Waals surface area contributed by atoms with Crippen LogP contribution in [0.15, 0.2) is 47.4 Å². The van der Waals surface area contributed by atoms with Gasteiger partial charge < -0.3 is 4.90 Å². The second-order valence-electron chi connectivity index (χ2n) is 6.93. The highest BCUT2D eigenvalue weighted by atomic mass is 35.5. The second-order valence-corrected chi connectivity index (χ2v) is 10.4. The Kier molecular flexibility index (Phi) is 5.05. The SMILES string of the molecule is CSc1cccc(N2C(=O)N(Cc3ccc(F)cc3Cl)[C@H]3CS(=O)(=O)C[C@@H]32)c1. The fourth-order valence-electron chi connectivity index (χ4n) is 3.86. The van der Waals surface area contributed by atoms with Crippen molar-refractivity contribution >= 4 is 44.9 Å². The lowest BCUT2D eigenvalue weighted by atomic mass is 10.1. The zero-order valence-electron chi connectivity index (χ0n) is 15.0. The van der Waals surface area contributed by atoms with E-state index in [1.165, 1.54) is 18.2 Å². The van der Waals surface area contributed by atoms with Gasteiger partial charge in [-0.05, 0) is 42.2 Å². The molecule has 28 heavy (non-hydrogen) atoms. The minimum Gasteiger partial charge on any atom is -0.314 e. The number of urea groups is 1. The minimum atomic E-state index is -3.26. The summed E-state index contributed by atoms with van der Waals surface area (Å²) in [5, 5.41) is 0.216. The van der Waals surface area contributed by atoms with Gasteiger partial charge in [-0.25, -0.2) is 17.6 Å². The van der Waals surface area contributed by atoms with Crippen molar-refractivity contribution in [2.24, 2.45) is 0 Å². The van der Waals surface area contributed by atoms with Gasteiger partial charge >= 0.3 is 6.03 Å². The molecule has 0 N–H and O–H groups in total. The number of thioether (sulfide) groups is 1. The third-order valence-electron chi connectivity index (χ3n) is 5.16. The Hall–Kier alpha value is -1.77. The molecule has 9 heteroatoms. The molecule has 2 heterocycles. The number of sulfone groups is 1. The van der Waals surface area contributed by atoms with E-state index in [2.05, 4.69) is 0 Å². The van der Waals surface area contributed by atoms with Crippen molar-refractivity contribution < 1.29 is 17.6 Å². The fraction of sp³-hybridized carbons (Fsp3) is 0.316. The zero-order valence-corrected chi connectivity index (χ0v) is 17.4. The maximum absolute atomic E-state index is 13.4. The van der Waals surface area contributed by atoms with Gasteiger partial charge in [0.15, 0.2) is 9.84 Å². The summed E-state index contributed by atoms with van der Waals surface area (Å²) in [5.74, 6) is -0.611. The van der Waals surface area contributed by atoms with Crippen LogP contribution in [0.5, 0.6) is 0 Å². The zero-order chi connectivity index (χ0) is 20.1. The quantitative estimate of drug-likeness (QED) is 0.536. The van der Waals surface area contributed by atoms with E-state index in [0.29, 0.717) is 11.3 Å². The minimum absolute atomic E-state index is 0.0689. The van der Waals surface area contributed by atoms with Crippen LogP contribution in [0, 0.1) is 5.82 Å². The van der Waals surface area contributed by atoms with Gasteiger partial charge in [0.25, 0.3) is 0 Å². The molecule has 5 nitrogen and oxygen atoms in total. The summed E-state index contributed by atoms with van der Waals surface area (Å²) >= 11 is 7.69. The number of carbonyl (C=O) groups excluding carboxylic acids is 1. The van der Waals surface area contributed by atoms with Crippen molar-refractivity contribution in [3.8, 4) is 0 Å². The van der Waals surface area contributed by atoms with E-state index in [9.17, 15) is 17.6 Å². The third kappa shape index (κ3) is 3.49. The summed E-state index contributed by atoms with van der Waals surface area (Å²) < 4.78 is 38.0. The molecular formula is C19H18ClFN2O3S2. The van der Waals surface area contributed by atoms with Crippen LogP contribution in [0.25, 0.3) is 0 Å². The average molecular weight is 441 g/mol. The number of carbonyl (C=O) groups is 1. The van der Waals surface area contributed by atoms with Crippen molar-refractivity contribution in [1.29, 1.82) is 0 Å². The van der Waals surface area contributed by atoms with Gasteiger partial charge in [-0.1, -0.05) is 23.7 Å². The third-order valence-corrected chi connectivity index (χ3v) is 7.94. The molecule has 0 saturated carbocycles. The molecule has 2 aliphatic heterocycles. The first-order chi connectivity index (χ1) is 13.3. The number of hydrogen-bond donors (Lipinski definition) is 0. The van der Waals surface area contributed by atoms with Gasteiger partial charge in [-0.2, -0.15) is 0 Å². The fourth-order valence-corrected chi connectivity index (χ4v) is 6.49. The molecule has 2 aromatic rings. The Balaban J connectivity index is 1.72. The smallest absolute Gasteiger partial charge is 0.314 e. The van der Waals surface area contributed by atoms with Crippen LogP contribution < -0.4 is 4.90 Å². The molecule has 0 unspecified atom stereocenters. The standard InChI is InChI=1S/C19H18ClFN2O3S2/c1-27-15-4-2-3-14(8-15)23-18-11-28(25,26)10-17(18)22(19(23)24)9-12-5-6-13(21)7-16(12)20/h2-8,17-18H,9-11H2,1H3/t17-,18-/m0/s1. The maximum Gasteiger partial charge on any atom is 0.325 e. The number of anilines is 1. The molecule has 2 atom stereocenters. The lowest BCUT2D eigenvalue weighted by Crippen LogP contribution is -2.37. The lowest BCUT2D eigenvalue weighted by Gasteiger charge is -2.23. The number of rotatable bonds is 4. The summed E-state index contributed by atoms with van der Waals surface area (Å²) in [7, 11) is -3.26. The Bertz CT molecular complexity index is 1050. The van der Waals surface area contributed by atoms with Gasteiger partial charge in [0.2, 0.25) is 0 Å². The van der Waals surface area contributed by atoms with E-state index in [0.717, 1.165) is 4.90 Å². The van der Waals surface area contributed by atoms with E-state index >= 15 is 0 Å². The summed E-state index contributed by atoms with van der Waals surface area (Å²) in [6.07, 6.45) is 1.94. The van der Waals surface area contributed by atoms with E-state index in [1.807, 2.05) is 30.5 Å². The number of benzene rings is 2. The van der Waals surface area contributed by atoms with Crippen LogP contribution in [0.2, 0.25) is 5.02 Å². The number of fused-ring (bicyclic) bond motifs is 1. The maximum atomic E-state index is 13.4. The molecule has 0 radical (unpaired) electrons. The molecule has 4 rings (SSSR count). The molecule has 0 spiro atoms. The van der Waals surface area contributed by atoms with Crippen LogP contribution in [-0.2, 0) is 16.4 Å². The van der Waals surface area contributed by atoms with Crippen molar-refractivity contribution in [2.75, 3.05) is 22.7 Å². The lowest BCUT2D eigenvalue weighted by molar-refractivity contribution is 0.206. The Labute approximate surface area is 172 Å². The highest BCUT2D eigenvalue weighted by molar-refractivity contribution is 7.98. The number of halogens is 2. The number of nitrogens with zero attached hydrogens (tertiary/aromatic N) is 2. The van der Waals surface area contributed by atoms with Gasteiger partial charge in [-0.3, -0.25) is 4.90 Å². The predicted molar refractivity (Wildman–Crippen MR) is 109 cm³/mol. The average Bonchev–Trinajstić information content (AvgIpc) is 3.07. The predicted octanol–water partition coefficient (Wildman–Crippen LogP) is 3.81. The van der Waals surface area contributed by atoms with E-state index in [1.54, 1.807) is 21.6 Å². The molecular weight excluding hydrogens is 423 g/mol. The van der Waals surface area contributed by atoms with Crippen LogP contribution in [0.1, 0.15) is 5.56 Å². The Morgan fingerprint density at radius 2 is 1.93 bits per heavy atom. The summed E-state index contributed by atoms with van der Waals surface area (Å²) in [6.45, 7) is 0.132. The first-order valence-electron chi connectivity index (χ1n) is 8.67. The topological polar surface area (TPSA) is 57.7 Å². The molecule has 148 valence electrons. The summed E-state index contributed by atoms with van der Waals surface area (Å²) in [6, 6.07) is 10.3.